The van der Waals surface area contributed by atoms with Crippen LogP contribution in [-0.4, -0.2) is 20.8 Å². The third kappa shape index (κ3) is 2.81. The summed E-state index contributed by atoms with van der Waals surface area (Å²) in [6.07, 6.45) is 1.10. The maximum Gasteiger partial charge on any atom is 0.161 e. The molecule has 0 fully saturated rings. The first kappa shape index (κ1) is 14.9. The quantitative estimate of drug-likeness (QED) is 0.882. The van der Waals surface area contributed by atoms with Gasteiger partial charge in [-0.1, -0.05) is 30.3 Å². The molecular formula is C19H23NO2. The zero-order valence-electron chi connectivity index (χ0n) is 13.4. The third-order valence-electron chi connectivity index (χ3n) is 4.52. The Bertz CT molecular complexity index is 639. The first-order valence-corrected chi connectivity index (χ1v) is 7.76. The summed E-state index contributed by atoms with van der Waals surface area (Å²) >= 11 is 0. The van der Waals surface area contributed by atoms with Crippen LogP contribution < -0.4 is 14.8 Å². The molecular weight excluding hydrogens is 274 g/mol. The Hall–Kier alpha value is -2.00. The number of methoxy groups -OCH3 is 2. The van der Waals surface area contributed by atoms with Gasteiger partial charge in [-0.05, 0) is 42.2 Å². The van der Waals surface area contributed by atoms with Gasteiger partial charge in [0.1, 0.15) is 0 Å². The van der Waals surface area contributed by atoms with E-state index in [0.717, 1.165) is 24.5 Å². The second-order valence-electron chi connectivity index (χ2n) is 5.85. The summed E-state index contributed by atoms with van der Waals surface area (Å²) in [5.74, 6) is 2.20. The molecule has 0 spiro atoms. The highest BCUT2D eigenvalue weighted by molar-refractivity contribution is 5.53. The minimum Gasteiger partial charge on any atom is -0.493 e. The molecule has 2 aromatic carbocycles. The van der Waals surface area contributed by atoms with Crippen molar-refractivity contribution in [1.29, 1.82) is 0 Å². The van der Waals surface area contributed by atoms with E-state index in [1.165, 1.54) is 16.7 Å². The van der Waals surface area contributed by atoms with E-state index in [0.29, 0.717) is 12.0 Å². The molecule has 116 valence electrons. The molecule has 3 heteroatoms. The Morgan fingerprint density at radius 3 is 2.45 bits per heavy atom. The van der Waals surface area contributed by atoms with E-state index in [9.17, 15) is 0 Å². The maximum atomic E-state index is 5.40. The van der Waals surface area contributed by atoms with Gasteiger partial charge in [-0.25, -0.2) is 0 Å². The van der Waals surface area contributed by atoms with E-state index >= 15 is 0 Å². The van der Waals surface area contributed by atoms with Crippen molar-refractivity contribution in [2.75, 3.05) is 20.8 Å². The fraction of sp³-hybridized carbons (Fsp3) is 0.368. The van der Waals surface area contributed by atoms with Gasteiger partial charge >= 0.3 is 0 Å². The fourth-order valence-electron chi connectivity index (χ4n) is 3.10. The zero-order valence-corrected chi connectivity index (χ0v) is 13.4. The number of ether oxygens (including phenoxy) is 2. The van der Waals surface area contributed by atoms with Crippen LogP contribution in [0.4, 0.5) is 0 Å². The molecule has 0 radical (unpaired) electrons. The molecule has 0 heterocycles. The van der Waals surface area contributed by atoms with E-state index < -0.39 is 0 Å². The average Bonchev–Trinajstić information content (AvgIpc) is 2.56. The monoisotopic (exact) mass is 297 g/mol. The Morgan fingerprint density at radius 1 is 1.09 bits per heavy atom. The smallest absolute Gasteiger partial charge is 0.161 e. The van der Waals surface area contributed by atoms with Crippen molar-refractivity contribution in [3.8, 4) is 11.5 Å². The molecule has 22 heavy (non-hydrogen) atoms. The van der Waals surface area contributed by atoms with Crippen LogP contribution in [0, 0.1) is 0 Å². The van der Waals surface area contributed by atoms with Crippen molar-refractivity contribution in [3.63, 3.8) is 0 Å². The molecule has 0 saturated carbocycles. The minimum atomic E-state index is 0.366. The molecule has 1 aliphatic rings. The Labute approximate surface area is 132 Å². The van der Waals surface area contributed by atoms with Crippen LogP contribution in [0.5, 0.6) is 11.5 Å². The van der Waals surface area contributed by atoms with Crippen LogP contribution in [0.2, 0.25) is 0 Å². The van der Waals surface area contributed by atoms with Crippen LogP contribution in [-0.2, 0) is 6.42 Å². The van der Waals surface area contributed by atoms with Crippen LogP contribution in [0.15, 0.2) is 42.5 Å². The van der Waals surface area contributed by atoms with Crippen molar-refractivity contribution in [1.82, 2.24) is 5.32 Å². The maximum absolute atomic E-state index is 5.40. The van der Waals surface area contributed by atoms with Crippen LogP contribution in [0.3, 0.4) is 0 Å². The largest absolute Gasteiger partial charge is 0.493 e. The predicted molar refractivity (Wildman–Crippen MR) is 88.9 cm³/mol. The Kier molecular flexibility index (Phi) is 4.34. The molecule has 0 amide bonds. The standard InChI is InChI=1S/C19H23NO2/c1-13(14-7-5-4-6-8-14)20-12-16-9-15-10-18(21-2)19(22-3)11-17(15)16/h4-8,10-11,13,16,20H,9,12H2,1-3H3/t13-,16+/m0/s1. The first-order chi connectivity index (χ1) is 10.7. The van der Waals surface area contributed by atoms with Crippen molar-refractivity contribution >= 4 is 0 Å². The number of hydrogen-bond acceptors (Lipinski definition) is 3. The van der Waals surface area contributed by atoms with Gasteiger partial charge in [0.2, 0.25) is 0 Å². The molecule has 0 aromatic heterocycles. The minimum absolute atomic E-state index is 0.366. The van der Waals surface area contributed by atoms with E-state index in [2.05, 4.69) is 54.7 Å². The number of benzene rings is 2. The van der Waals surface area contributed by atoms with Crippen LogP contribution >= 0.6 is 0 Å². The lowest BCUT2D eigenvalue weighted by Gasteiger charge is -2.32. The van der Waals surface area contributed by atoms with E-state index in [4.69, 9.17) is 9.47 Å². The highest BCUT2D eigenvalue weighted by atomic mass is 16.5. The first-order valence-electron chi connectivity index (χ1n) is 7.76. The summed E-state index contributed by atoms with van der Waals surface area (Å²) in [6, 6.07) is 15.2. The van der Waals surface area contributed by atoms with Crippen molar-refractivity contribution in [2.45, 2.75) is 25.3 Å². The van der Waals surface area contributed by atoms with E-state index in [1.807, 2.05) is 0 Å². The molecule has 0 saturated heterocycles. The second-order valence-corrected chi connectivity index (χ2v) is 5.85. The highest BCUT2D eigenvalue weighted by Crippen LogP contribution is 2.42. The number of fused-ring (bicyclic) bond motifs is 1. The molecule has 2 atom stereocenters. The fourth-order valence-corrected chi connectivity index (χ4v) is 3.10. The van der Waals surface area contributed by atoms with Gasteiger partial charge < -0.3 is 14.8 Å². The zero-order chi connectivity index (χ0) is 15.5. The van der Waals surface area contributed by atoms with E-state index in [1.54, 1.807) is 14.2 Å². The lowest BCUT2D eigenvalue weighted by Crippen LogP contribution is -2.31. The number of nitrogens with one attached hydrogen (secondary N) is 1. The molecule has 3 rings (SSSR count). The van der Waals surface area contributed by atoms with Crippen LogP contribution in [0.1, 0.15) is 35.6 Å². The summed E-state index contributed by atoms with van der Waals surface area (Å²) < 4.78 is 10.8. The molecule has 1 aliphatic carbocycles. The van der Waals surface area contributed by atoms with E-state index in [-0.39, 0.29) is 0 Å². The summed E-state index contributed by atoms with van der Waals surface area (Å²) in [4.78, 5) is 0. The normalized spacial score (nSPS) is 17.3. The summed E-state index contributed by atoms with van der Waals surface area (Å²) in [6.45, 7) is 3.20. The number of hydrogen-bond donors (Lipinski definition) is 1. The van der Waals surface area contributed by atoms with Crippen molar-refractivity contribution < 1.29 is 9.47 Å². The van der Waals surface area contributed by atoms with Gasteiger partial charge in [0.05, 0.1) is 14.2 Å². The predicted octanol–water partition coefficient (Wildman–Crippen LogP) is 3.69. The lowest BCUT2D eigenvalue weighted by molar-refractivity contribution is 0.351. The summed E-state index contributed by atoms with van der Waals surface area (Å²) in [7, 11) is 3.37. The molecule has 3 nitrogen and oxygen atoms in total. The highest BCUT2D eigenvalue weighted by Gasteiger charge is 2.28. The van der Waals surface area contributed by atoms with Gasteiger partial charge in [-0.2, -0.15) is 0 Å². The summed E-state index contributed by atoms with van der Waals surface area (Å²) in [5.41, 5.74) is 4.08. The van der Waals surface area contributed by atoms with Gasteiger partial charge in [0.15, 0.2) is 11.5 Å². The molecule has 2 aromatic rings. The average molecular weight is 297 g/mol. The third-order valence-corrected chi connectivity index (χ3v) is 4.52. The summed E-state index contributed by atoms with van der Waals surface area (Å²) in [5, 5.41) is 3.64. The Balaban J connectivity index is 1.64. The van der Waals surface area contributed by atoms with Crippen molar-refractivity contribution in [3.05, 3.63) is 59.2 Å². The topological polar surface area (TPSA) is 30.5 Å². The molecule has 1 N–H and O–H groups in total. The molecule has 0 unspecified atom stereocenters. The second kappa shape index (κ2) is 6.41. The lowest BCUT2D eigenvalue weighted by atomic mass is 9.77. The molecule has 0 aliphatic heterocycles. The van der Waals surface area contributed by atoms with Gasteiger partial charge in [-0.15, -0.1) is 0 Å². The van der Waals surface area contributed by atoms with Gasteiger partial charge in [-0.3, -0.25) is 0 Å². The van der Waals surface area contributed by atoms with Crippen LogP contribution in [0.25, 0.3) is 0 Å². The number of rotatable bonds is 6. The van der Waals surface area contributed by atoms with Gasteiger partial charge in [0, 0.05) is 18.5 Å². The molecule has 0 bridgehead atoms. The van der Waals surface area contributed by atoms with Gasteiger partial charge in [0.25, 0.3) is 0 Å². The Morgan fingerprint density at radius 2 is 1.77 bits per heavy atom. The van der Waals surface area contributed by atoms with Crippen molar-refractivity contribution in [2.24, 2.45) is 0 Å². The SMILES string of the molecule is COc1cc2c(cc1OC)[C@@H](CN[C@@H](C)c1ccccc1)C2.